The first-order valence-corrected chi connectivity index (χ1v) is 14.9. The summed E-state index contributed by atoms with van der Waals surface area (Å²) in [5.74, 6) is 4.22. The van der Waals surface area contributed by atoms with E-state index >= 15 is 0 Å². The third-order valence-electron chi connectivity index (χ3n) is 12.3. The molecule has 8 rings (SSSR count). The van der Waals surface area contributed by atoms with Crippen LogP contribution in [-0.4, -0.2) is 18.7 Å². The van der Waals surface area contributed by atoms with E-state index in [9.17, 15) is 9.59 Å². The van der Waals surface area contributed by atoms with Crippen molar-refractivity contribution >= 4 is 18.7 Å². The number of carbonyl (C=O) groups excluding carboxylic acids is 2. The Bertz CT molecular complexity index is 1190. The van der Waals surface area contributed by atoms with Crippen molar-refractivity contribution in [3.05, 3.63) is 71.3 Å². The molecule has 0 amide bonds. The second kappa shape index (κ2) is 9.10. The average molecular weight is 511 g/mol. The molecule has 0 heterocycles. The van der Waals surface area contributed by atoms with Gasteiger partial charge in [0.25, 0.3) is 0 Å². The van der Waals surface area contributed by atoms with Gasteiger partial charge in [-0.05, 0) is 89.7 Å². The molecule has 0 N–H and O–H groups in total. The summed E-state index contributed by atoms with van der Waals surface area (Å²) < 4.78 is 6.67. The van der Waals surface area contributed by atoms with Crippen LogP contribution in [0.5, 0.6) is 0 Å². The van der Waals surface area contributed by atoms with E-state index in [2.05, 4.69) is 41.5 Å². The van der Waals surface area contributed by atoms with Gasteiger partial charge in [0, 0.05) is 11.1 Å². The SMILES string of the molecule is C[C@@H]1[C@H]2C[C@@H](C[C@H]1B(OC(=O)c1ccccc1C(=O)c1ccccc1)[C@@H]1C[C@@H]3C[C@H]([C@H]1C)C3(C)C)C2(C)C. The smallest absolute Gasteiger partial charge is 0.368 e. The normalized spacial score (nSPS) is 35.8. The molecule has 0 aliphatic heterocycles. The highest BCUT2D eigenvalue weighted by molar-refractivity contribution is 6.58. The summed E-state index contributed by atoms with van der Waals surface area (Å²) in [6.45, 7) is 14.5. The predicted molar refractivity (Wildman–Crippen MR) is 153 cm³/mol. The van der Waals surface area contributed by atoms with Crippen LogP contribution in [0.15, 0.2) is 54.6 Å². The first-order valence-electron chi connectivity index (χ1n) is 14.9. The highest BCUT2D eigenvalue weighted by atomic mass is 16.5. The molecule has 6 saturated carbocycles. The summed E-state index contributed by atoms with van der Waals surface area (Å²) in [5, 5.41) is 0. The molecule has 0 aromatic heterocycles. The maximum absolute atomic E-state index is 14.0. The van der Waals surface area contributed by atoms with Gasteiger partial charge in [0.1, 0.15) is 0 Å². The number of fused-ring (bicyclic) bond motifs is 4. The molecular formula is C34H43BO3. The van der Waals surface area contributed by atoms with Crippen molar-refractivity contribution in [2.45, 2.75) is 78.9 Å². The second-order valence-corrected chi connectivity index (χ2v) is 14.3. The molecule has 2 aromatic rings. The molecule has 0 saturated heterocycles. The van der Waals surface area contributed by atoms with Crippen molar-refractivity contribution < 1.29 is 14.2 Å². The van der Waals surface area contributed by atoms with Crippen LogP contribution < -0.4 is 0 Å². The Kier molecular flexibility index (Phi) is 6.20. The van der Waals surface area contributed by atoms with Gasteiger partial charge in [-0.15, -0.1) is 0 Å². The molecule has 0 spiro atoms. The van der Waals surface area contributed by atoms with Crippen LogP contribution in [0.25, 0.3) is 0 Å². The molecule has 6 aliphatic carbocycles. The van der Waals surface area contributed by atoms with Gasteiger partial charge in [-0.3, -0.25) is 4.79 Å². The minimum atomic E-state index is -0.328. The van der Waals surface area contributed by atoms with E-state index < -0.39 is 0 Å². The number of benzene rings is 2. The largest absolute Gasteiger partial charge is 0.532 e. The van der Waals surface area contributed by atoms with Crippen LogP contribution in [0.2, 0.25) is 11.6 Å². The van der Waals surface area contributed by atoms with Crippen LogP contribution in [0.3, 0.4) is 0 Å². The fraction of sp³-hybridized carbons (Fsp3) is 0.588. The maximum Gasteiger partial charge on any atom is 0.368 e. The van der Waals surface area contributed by atoms with E-state index in [0.29, 0.717) is 74.7 Å². The van der Waals surface area contributed by atoms with Gasteiger partial charge < -0.3 is 4.65 Å². The predicted octanol–water partition coefficient (Wildman–Crippen LogP) is 8.21. The molecule has 0 unspecified atom stereocenters. The summed E-state index contributed by atoms with van der Waals surface area (Å²) in [7, 11) is 0. The number of rotatable bonds is 6. The first kappa shape index (κ1) is 25.9. The Morgan fingerprint density at radius 1 is 0.711 bits per heavy atom. The fourth-order valence-corrected chi connectivity index (χ4v) is 9.53. The quantitative estimate of drug-likeness (QED) is 0.291. The number of ketones is 1. The highest BCUT2D eigenvalue weighted by Crippen LogP contribution is 2.69. The molecule has 200 valence electrons. The second-order valence-electron chi connectivity index (χ2n) is 14.3. The molecule has 6 fully saturated rings. The first-order chi connectivity index (χ1) is 18.0. The van der Waals surface area contributed by atoms with Crippen LogP contribution in [0, 0.1) is 46.3 Å². The molecule has 38 heavy (non-hydrogen) atoms. The van der Waals surface area contributed by atoms with Gasteiger partial charge >= 0.3 is 12.9 Å². The fourth-order valence-electron chi connectivity index (χ4n) is 9.53. The van der Waals surface area contributed by atoms with Crippen LogP contribution >= 0.6 is 0 Å². The Morgan fingerprint density at radius 2 is 1.18 bits per heavy atom. The van der Waals surface area contributed by atoms with E-state index in [1.165, 1.54) is 12.8 Å². The molecule has 4 heteroatoms. The van der Waals surface area contributed by atoms with Gasteiger partial charge in [-0.2, -0.15) is 0 Å². The number of carbonyl (C=O) groups is 2. The van der Waals surface area contributed by atoms with E-state index in [0.717, 1.165) is 12.8 Å². The lowest BCUT2D eigenvalue weighted by atomic mass is 9.27. The Balaban J connectivity index is 1.31. The summed E-state index contributed by atoms with van der Waals surface area (Å²) in [4.78, 5) is 27.4. The van der Waals surface area contributed by atoms with Crippen molar-refractivity contribution in [1.82, 2.24) is 0 Å². The van der Waals surface area contributed by atoms with Crippen LogP contribution in [0.4, 0.5) is 0 Å². The monoisotopic (exact) mass is 510 g/mol. The van der Waals surface area contributed by atoms with Crippen molar-refractivity contribution in [3.63, 3.8) is 0 Å². The molecule has 6 aliphatic rings. The van der Waals surface area contributed by atoms with Gasteiger partial charge in [-0.25, -0.2) is 4.79 Å². The maximum atomic E-state index is 14.0. The van der Waals surface area contributed by atoms with Crippen molar-refractivity contribution in [2.75, 3.05) is 0 Å². The van der Waals surface area contributed by atoms with Crippen molar-refractivity contribution in [1.29, 1.82) is 0 Å². The highest BCUT2D eigenvalue weighted by Gasteiger charge is 2.64. The van der Waals surface area contributed by atoms with Crippen molar-refractivity contribution in [3.8, 4) is 0 Å². The Morgan fingerprint density at radius 3 is 1.66 bits per heavy atom. The third-order valence-corrected chi connectivity index (χ3v) is 12.3. The van der Waals surface area contributed by atoms with Crippen LogP contribution in [-0.2, 0) is 4.65 Å². The molecule has 2 aromatic carbocycles. The van der Waals surface area contributed by atoms with Crippen LogP contribution in [0.1, 0.15) is 93.5 Å². The molecule has 3 nitrogen and oxygen atoms in total. The Labute approximate surface area is 229 Å². The molecule has 8 atom stereocenters. The van der Waals surface area contributed by atoms with E-state index in [1.807, 2.05) is 42.5 Å². The van der Waals surface area contributed by atoms with E-state index in [-0.39, 0.29) is 18.7 Å². The Hall–Kier alpha value is -2.36. The van der Waals surface area contributed by atoms with Gasteiger partial charge in [0.05, 0.1) is 5.56 Å². The molecule has 4 bridgehead atoms. The summed E-state index contributed by atoms with van der Waals surface area (Å²) in [6, 6.07) is 16.4. The van der Waals surface area contributed by atoms with Crippen molar-refractivity contribution in [2.24, 2.45) is 46.3 Å². The number of hydrogen-bond acceptors (Lipinski definition) is 3. The van der Waals surface area contributed by atoms with E-state index in [1.54, 1.807) is 12.1 Å². The van der Waals surface area contributed by atoms with E-state index in [4.69, 9.17) is 4.65 Å². The summed E-state index contributed by atoms with van der Waals surface area (Å²) in [5.41, 5.74) is 2.21. The third kappa shape index (κ3) is 3.84. The minimum absolute atomic E-state index is 0.0878. The molecular weight excluding hydrogens is 467 g/mol. The zero-order valence-electron chi connectivity index (χ0n) is 23.9. The lowest BCUT2D eigenvalue weighted by Crippen LogP contribution is -2.60. The lowest BCUT2D eigenvalue weighted by Gasteiger charge is -2.65. The zero-order chi connectivity index (χ0) is 27.0. The van der Waals surface area contributed by atoms with Gasteiger partial charge in [0.15, 0.2) is 5.78 Å². The standard InChI is InChI=1S/C34H43BO3/c1-20-27-16-23(33(27,3)4)18-29(20)35(30-19-24-17-28(21(30)2)34(24,5)6)38-32(37)26-15-11-10-14-25(26)31(36)22-12-8-7-9-13-22/h7-15,20-21,23-24,27-30H,16-19H2,1-6H3/t20-,21-,23+,24+,27-,28-,29-,30-/m1/s1. The lowest BCUT2D eigenvalue weighted by molar-refractivity contribution is -0.110. The average Bonchev–Trinajstić information content (AvgIpc) is 2.91. The number of hydrogen-bond donors (Lipinski definition) is 0. The van der Waals surface area contributed by atoms with Gasteiger partial charge in [0.2, 0.25) is 0 Å². The molecule has 0 radical (unpaired) electrons. The minimum Gasteiger partial charge on any atom is -0.532 e. The zero-order valence-corrected chi connectivity index (χ0v) is 23.9. The topological polar surface area (TPSA) is 43.4 Å². The summed E-state index contributed by atoms with van der Waals surface area (Å²) >= 11 is 0. The van der Waals surface area contributed by atoms with Gasteiger partial charge in [-0.1, -0.05) is 90.1 Å². The summed E-state index contributed by atoms with van der Waals surface area (Å²) in [6.07, 6.45) is 4.93.